The number of carbonyl (C=O) groups is 1. The van der Waals surface area contributed by atoms with Gasteiger partial charge in [0.1, 0.15) is 11.6 Å². The van der Waals surface area contributed by atoms with Crippen molar-refractivity contribution in [2.45, 2.75) is 38.9 Å². The van der Waals surface area contributed by atoms with E-state index in [9.17, 15) is 18.0 Å². The Morgan fingerprint density at radius 2 is 1.71 bits per heavy atom. The quantitative estimate of drug-likeness (QED) is 0.619. The number of rotatable bonds is 6. The van der Waals surface area contributed by atoms with E-state index >= 15 is 0 Å². The number of aromatic nitrogens is 2. The second kappa shape index (κ2) is 11.9. The van der Waals surface area contributed by atoms with Gasteiger partial charge in [-0.1, -0.05) is 19.0 Å². The van der Waals surface area contributed by atoms with Crippen molar-refractivity contribution in [2.24, 2.45) is 0 Å². The second-order valence-corrected chi connectivity index (χ2v) is 9.08. The Bertz CT molecular complexity index is 941. The van der Waals surface area contributed by atoms with Crippen molar-refractivity contribution >= 4 is 29.1 Å². The molecule has 2 saturated heterocycles. The maximum atomic E-state index is 12.7. The van der Waals surface area contributed by atoms with Crippen LogP contribution in [0.15, 0.2) is 36.7 Å². The number of pyridine rings is 2. The molecule has 1 amide bonds. The monoisotopic (exact) mass is 512 g/mol. The first kappa shape index (κ1) is 27.0. The molecule has 2 aliphatic heterocycles. The lowest BCUT2D eigenvalue weighted by Crippen LogP contribution is -2.48. The van der Waals surface area contributed by atoms with Gasteiger partial charge >= 0.3 is 6.18 Å². The summed E-state index contributed by atoms with van der Waals surface area (Å²) in [6, 6.07) is 6.23. The van der Waals surface area contributed by atoms with Crippen LogP contribution in [0.4, 0.5) is 24.8 Å². The molecular formula is C24H32ClF3N6O. The van der Waals surface area contributed by atoms with Crippen molar-refractivity contribution in [3.63, 3.8) is 0 Å². The number of alkyl halides is 3. The fraction of sp³-hybridized carbons (Fsp3) is 0.542. The first-order valence-corrected chi connectivity index (χ1v) is 11.8. The van der Waals surface area contributed by atoms with Crippen LogP contribution >= 0.6 is 11.6 Å². The first-order valence-electron chi connectivity index (χ1n) is 11.4. The van der Waals surface area contributed by atoms with Crippen LogP contribution in [0.25, 0.3) is 0 Å². The summed E-state index contributed by atoms with van der Waals surface area (Å²) in [6.07, 6.45) is 0.0618. The first-order chi connectivity index (χ1) is 16.3. The van der Waals surface area contributed by atoms with Crippen molar-refractivity contribution in [3.8, 4) is 0 Å². The van der Waals surface area contributed by atoms with E-state index in [4.69, 9.17) is 11.6 Å². The van der Waals surface area contributed by atoms with E-state index in [1.165, 1.54) is 6.07 Å². The Balaban J connectivity index is 0.00000342. The van der Waals surface area contributed by atoms with E-state index in [2.05, 4.69) is 25.1 Å². The molecular weight excluding hydrogens is 481 g/mol. The number of amides is 1. The number of hydrogen-bond acceptors (Lipinski definition) is 6. The van der Waals surface area contributed by atoms with Gasteiger partial charge in [-0.3, -0.25) is 9.69 Å². The van der Waals surface area contributed by atoms with Crippen LogP contribution in [0.1, 0.15) is 32.3 Å². The Labute approximate surface area is 209 Å². The summed E-state index contributed by atoms with van der Waals surface area (Å²) >= 11 is 5.91. The molecule has 0 spiro atoms. The topological polar surface area (TPSA) is 64.6 Å². The average molecular weight is 513 g/mol. The molecule has 0 atom stereocenters. The van der Waals surface area contributed by atoms with Crippen LogP contribution in [0.5, 0.6) is 0 Å². The highest BCUT2D eigenvalue weighted by Gasteiger charge is 2.31. The number of carbonyl (C=O) groups excluding carboxylic acids is 1. The van der Waals surface area contributed by atoms with E-state index in [1.54, 1.807) is 6.20 Å². The summed E-state index contributed by atoms with van der Waals surface area (Å²) in [7, 11) is 0. The molecule has 35 heavy (non-hydrogen) atoms. The fourth-order valence-corrected chi connectivity index (χ4v) is 4.41. The maximum Gasteiger partial charge on any atom is 0.417 e. The van der Waals surface area contributed by atoms with Gasteiger partial charge in [0.2, 0.25) is 5.91 Å². The van der Waals surface area contributed by atoms with E-state index in [1.807, 2.05) is 17.0 Å². The normalized spacial score (nSPS) is 17.7. The van der Waals surface area contributed by atoms with Crippen LogP contribution < -0.4 is 10.2 Å². The number of anilines is 2. The number of halogens is 4. The van der Waals surface area contributed by atoms with Crippen molar-refractivity contribution in [2.75, 3.05) is 56.0 Å². The zero-order chi connectivity index (χ0) is 24.1. The highest BCUT2D eigenvalue weighted by Crippen LogP contribution is 2.29. The lowest BCUT2D eigenvalue weighted by molar-refractivity contribution is -0.137. The van der Waals surface area contributed by atoms with E-state index < -0.39 is 11.7 Å². The lowest BCUT2D eigenvalue weighted by atomic mass is 10.0. The third kappa shape index (κ3) is 7.44. The number of likely N-dealkylation sites (tertiary alicyclic amines) is 1. The Morgan fingerprint density at radius 1 is 1.00 bits per heavy atom. The summed E-state index contributed by atoms with van der Waals surface area (Å²) in [4.78, 5) is 27.3. The van der Waals surface area contributed by atoms with Gasteiger partial charge < -0.3 is 15.1 Å². The smallest absolute Gasteiger partial charge is 0.367 e. The molecule has 4 rings (SSSR count). The molecule has 0 unspecified atom stereocenters. The van der Waals surface area contributed by atoms with E-state index in [0.717, 1.165) is 63.6 Å². The van der Waals surface area contributed by atoms with Gasteiger partial charge in [0.15, 0.2) is 0 Å². The molecule has 0 aromatic carbocycles. The minimum absolute atomic E-state index is 0. The number of nitrogens with one attached hydrogen (secondary N) is 1. The molecule has 4 heterocycles. The molecule has 7 nitrogen and oxygen atoms in total. The van der Waals surface area contributed by atoms with E-state index in [0.29, 0.717) is 30.4 Å². The summed E-state index contributed by atoms with van der Waals surface area (Å²) in [6.45, 7) is 5.47. The molecule has 1 N–H and O–H groups in total. The zero-order valence-electron chi connectivity index (χ0n) is 18.8. The van der Waals surface area contributed by atoms with Crippen LogP contribution in [-0.4, -0.2) is 77.5 Å². The molecule has 0 bridgehead atoms. The number of piperidine rings is 1. The van der Waals surface area contributed by atoms with Gasteiger partial charge in [0.25, 0.3) is 0 Å². The molecule has 0 radical (unpaired) electrons. The third-order valence-corrected chi connectivity index (χ3v) is 6.56. The standard InChI is InChI=1S/C23H28ClF3N6O.CH4/c24-18-2-4-21(29-16-18)32-13-11-31(12-14-32)8-7-22(34)33-9-5-19(6-10-33)30-20-3-1-17(15-28-20)23(25,26)27;/h1-4,15-16,19H,5-14H2,(H,28,30);1H4. The molecule has 2 aromatic rings. The van der Waals surface area contributed by atoms with Crippen LogP contribution in [0.3, 0.4) is 0 Å². The number of piperazine rings is 1. The van der Waals surface area contributed by atoms with Gasteiger partial charge in [0.05, 0.1) is 10.6 Å². The van der Waals surface area contributed by atoms with Gasteiger partial charge in [-0.05, 0) is 37.1 Å². The Morgan fingerprint density at radius 3 is 2.29 bits per heavy atom. The SMILES string of the molecule is C.O=C(CCN1CCN(c2ccc(Cl)cn2)CC1)N1CCC(Nc2ccc(C(F)(F)F)cn2)CC1. The van der Waals surface area contributed by atoms with Crippen molar-refractivity contribution in [1.82, 2.24) is 19.8 Å². The second-order valence-electron chi connectivity index (χ2n) is 8.64. The highest BCUT2D eigenvalue weighted by atomic mass is 35.5. The van der Waals surface area contributed by atoms with Gasteiger partial charge in [-0.25, -0.2) is 9.97 Å². The zero-order valence-corrected chi connectivity index (χ0v) is 19.5. The third-order valence-electron chi connectivity index (χ3n) is 6.34. The lowest BCUT2D eigenvalue weighted by Gasteiger charge is -2.36. The molecule has 2 fully saturated rings. The Kier molecular flexibility index (Phi) is 9.18. The predicted octanol–water partition coefficient (Wildman–Crippen LogP) is 4.40. The molecule has 192 valence electrons. The highest BCUT2D eigenvalue weighted by molar-refractivity contribution is 6.30. The van der Waals surface area contributed by atoms with Crippen molar-refractivity contribution in [3.05, 3.63) is 47.2 Å². The molecule has 2 aromatic heterocycles. The molecule has 0 aliphatic carbocycles. The minimum Gasteiger partial charge on any atom is -0.367 e. The summed E-state index contributed by atoms with van der Waals surface area (Å²) in [5.41, 5.74) is -0.762. The predicted molar refractivity (Wildman–Crippen MR) is 132 cm³/mol. The summed E-state index contributed by atoms with van der Waals surface area (Å²) in [5.74, 6) is 1.49. The fourth-order valence-electron chi connectivity index (χ4n) is 4.30. The van der Waals surface area contributed by atoms with Crippen LogP contribution in [0.2, 0.25) is 5.02 Å². The number of hydrogen-bond donors (Lipinski definition) is 1. The van der Waals surface area contributed by atoms with Gasteiger partial charge in [-0.2, -0.15) is 13.2 Å². The molecule has 0 saturated carbocycles. The van der Waals surface area contributed by atoms with Crippen LogP contribution in [0, 0.1) is 0 Å². The average Bonchev–Trinajstić information content (AvgIpc) is 2.84. The van der Waals surface area contributed by atoms with Crippen molar-refractivity contribution < 1.29 is 18.0 Å². The van der Waals surface area contributed by atoms with Crippen LogP contribution in [-0.2, 0) is 11.0 Å². The Hall–Kier alpha value is -2.59. The van der Waals surface area contributed by atoms with Crippen molar-refractivity contribution in [1.29, 1.82) is 0 Å². The minimum atomic E-state index is -4.39. The largest absolute Gasteiger partial charge is 0.417 e. The number of nitrogens with zero attached hydrogens (tertiary/aromatic N) is 5. The molecule has 11 heteroatoms. The molecule has 2 aliphatic rings. The maximum absolute atomic E-state index is 12.7. The van der Waals surface area contributed by atoms with Gasteiger partial charge in [0, 0.05) is 70.7 Å². The summed E-state index contributed by atoms with van der Waals surface area (Å²) in [5, 5.41) is 3.80. The summed E-state index contributed by atoms with van der Waals surface area (Å²) < 4.78 is 38.0. The van der Waals surface area contributed by atoms with Gasteiger partial charge in [-0.15, -0.1) is 0 Å². The van der Waals surface area contributed by atoms with E-state index in [-0.39, 0.29) is 19.4 Å².